The number of anilines is 1. The van der Waals surface area contributed by atoms with E-state index in [-0.39, 0.29) is 37.2 Å². The number of amides is 5. The van der Waals surface area contributed by atoms with Gasteiger partial charge >= 0.3 is 12.0 Å². The maximum Gasteiger partial charge on any atom is 0.358 e. The quantitative estimate of drug-likeness (QED) is 0.302. The van der Waals surface area contributed by atoms with E-state index in [9.17, 15) is 28.8 Å². The first-order valence-corrected chi connectivity index (χ1v) is 11.7. The number of fused-ring (bicyclic) bond motifs is 2. The van der Waals surface area contributed by atoms with Crippen molar-refractivity contribution in [2.24, 2.45) is 0 Å². The van der Waals surface area contributed by atoms with Gasteiger partial charge in [0.15, 0.2) is 0 Å². The Balaban J connectivity index is 1.57. The normalized spacial score (nSPS) is 18.6. The number of aliphatic carboxylic acids is 1. The zero-order valence-corrected chi connectivity index (χ0v) is 19.8. The fraction of sp³-hybridized carbons (Fsp3) is 0.333. The number of urea groups is 1. The molecule has 2 saturated heterocycles. The fourth-order valence-corrected chi connectivity index (χ4v) is 4.45. The van der Waals surface area contributed by atoms with E-state index in [2.05, 4.69) is 10.7 Å². The summed E-state index contributed by atoms with van der Waals surface area (Å²) in [5, 5.41) is 15.9. The van der Waals surface area contributed by atoms with E-state index in [0.717, 1.165) is 25.8 Å². The van der Waals surface area contributed by atoms with Gasteiger partial charge in [0, 0.05) is 18.7 Å². The summed E-state index contributed by atoms with van der Waals surface area (Å²) >= 11 is 0. The molecule has 0 bridgehead atoms. The van der Waals surface area contributed by atoms with E-state index in [4.69, 9.17) is 10.8 Å². The zero-order chi connectivity index (χ0) is 26.7. The maximum absolute atomic E-state index is 13.5. The zero-order valence-electron chi connectivity index (χ0n) is 19.8. The second-order valence-corrected chi connectivity index (χ2v) is 8.78. The monoisotopic (exact) mass is 510 g/mol. The summed E-state index contributed by atoms with van der Waals surface area (Å²) < 4.78 is 0. The number of hydrazine groups is 2. The SMILES string of the molecule is Nc1cc2ccccc2cc1C(=O)NN1CCC(=O)N2CCC[C@@H](C(=O)N[C@H](C=O)CC(=O)O)N2C1=O. The van der Waals surface area contributed by atoms with E-state index in [1.54, 1.807) is 12.1 Å². The van der Waals surface area contributed by atoms with Crippen LogP contribution < -0.4 is 16.5 Å². The Hall–Kier alpha value is -4.68. The maximum atomic E-state index is 13.5. The first-order chi connectivity index (χ1) is 17.7. The minimum Gasteiger partial charge on any atom is -0.481 e. The largest absolute Gasteiger partial charge is 0.481 e. The molecule has 2 atom stereocenters. The molecule has 2 aliphatic rings. The summed E-state index contributed by atoms with van der Waals surface area (Å²) in [6.45, 7) is 0.0359. The molecule has 13 heteroatoms. The molecular formula is C24H26N6O7. The summed E-state index contributed by atoms with van der Waals surface area (Å²) in [4.78, 5) is 74.6. The first kappa shape index (κ1) is 25.4. The van der Waals surface area contributed by atoms with Crippen LogP contribution in [0.4, 0.5) is 10.5 Å². The van der Waals surface area contributed by atoms with Crippen LogP contribution >= 0.6 is 0 Å². The third-order valence-corrected chi connectivity index (χ3v) is 6.25. The van der Waals surface area contributed by atoms with E-state index >= 15 is 0 Å². The molecule has 194 valence electrons. The lowest BCUT2D eigenvalue weighted by atomic mass is 10.0. The van der Waals surface area contributed by atoms with Crippen LogP contribution in [0.3, 0.4) is 0 Å². The Bertz CT molecular complexity index is 1280. The summed E-state index contributed by atoms with van der Waals surface area (Å²) in [5.74, 6) is -3.16. The Labute approximate surface area is 211 Å². The van der Waals surface area contributed by atoms with Crippen molar-refractivity contribution in [2.45, 2.75) is 37.8 Å². The Kier molecular flexibility index (Phi) is 7.22. The second-order valence-electron chi connectivity index (χ2n) is 8.78. The number of rotatable bonds is 7. The highest BCUT2D eigenvalue weighted by Gasteiger charge is 2.44. The lowest BCUT2D eigenvalue weighted by Crippen LogP contribution is -2.64. The van der Waals surface area contributed by atoms with Crippen LogP contribution in [0.15, 0.2) is 36.4 Å². The smallest absolute Gasteiger partial charge is 0.358 e. The number of benzene rings is 2. The van der Waals surface area contributed by atoms with Gasteiger partial charge in [0.25, 0.3) is 5.91 Å². The molecule has 0 aliphatic carbocycles. The van der Waals surface area contributed by atoms with Crippen LogP contribution in [0.25, 0.3) is 10.8 Å². The highest BCUT2D eigenvalue weighted by Crippen LogP contribution is 2.25. The number of aldehydes is 1. The number of nitrogens with one attached hydrogen (secondary N) is 2. The van der Waals surface area contributed by atoms with Gasteiger partial charge in [-0.3, -0.25) is 24.6 Å². The molecule has 5 amide bonds. The summed E-state index contributed by atoms with van der Waals surface area (Å²) in [6.07, 6.45) is 0.119. The fourth-order valence-electron chi connectivity index (χ4n) is 4.45. The molecule has 5 N–H and O–H groups in total. The van der Waals surface area contributed by atoms with Gasteiger partial charge in [-0.1, -0.05) is 24.3 Å². The van der Waals surface area contributed by atoms with Gasteiger partial charge in [0.05, 0.1) is 24.6 Å². The third-order valence-electron chi connectivity index (χ3n) is 6.25. The summed E-state index contributed by atoms with van der Waals surface area (Å²) in [5.41, 5.74) is 8.91. The molecule has 37 heavy (non-hydrogen) atoms. The minimum atomic E-state index is -1.30. The van der Waals surface area contributed by atoms with Crippen LogP contribution in [0, 0.1) is 0 Å². The number of nitrogen functional groups attached to an aromatic ring is 1. The molecule has 0 unspecified atom stereocenters. The number of hydrogen-bond acceptors (Lipinski definition) is 7. The lowest BCUT2D eigenvalue weighted by Gasteiger charge is -2.42. The first-order valence-electron chi connectivity index (χ1n) is 11.7. The molecule has 0 aromatic heterocycles. The Morgan fingerprint density at radius 1 is 1.14 bits per heavy atom. The number of nitrogens with two attached hydrogens (primary N) is 1. The Morgan fingerprint density at radius 2 is 1.84 bits per heavy atom. The van der Waals surface area contributed by atoms with Crippen molar-refractivity contribution < 1.29 is 33.9 Å². The van der Waals surface area contributed by atoms with Crippen molar-refractivity contribution in [3.05, 3.63) is 42.0 Å². The molecule has 4 rings (SSSR count). The minimum absolute atomic E-state index is 0.111. The second kappa shape index (κ2) is 10.5. The van der Waals surface area contributed by atoms with E-state index in [0.29, 0.717) is 12.7 Å². The van der Waals surface area contributed by atoms with Crippen LogP contribution in [0.1, 0.15) is 36.0 Å². The molecule has 2 aromatic rings. The molecule has 2 aromatic carbocycles. The van der Waals surface area contributed by atoms with Crippen LogP contribution in [0.5, 0.6) is 0 Å². The highest BCUT2D eigenvalue weighted by molar-refractivity contribution is 6.04. The molecule has 0 radical (unpaired) electrons. The number of carbonyl (C=O) groups is 6. The van der Waals surface area contributed by atoms with Crippen molar-refractivity contribution >= 4 is 52.5 Å². The molecule has 2 fully saturated rings. The number of hydrogen-bond donors (Lipinski definition) is 4. The number of carboxylic acid groups (broad SMARTS) is 1. The summed E-state index contributed by atoms with van der Waals surface area (Å²) in [6, 6.07) is 7.24. The van der Waals surface area contributed by atoms with Crippen molar-refractivity contribution in [3.63, 3.8) is 0 Å². The van der Waals surface area contributed by atoms with E-state index in [1.165, 1.54) is 0 Å². The predicted octanol–water partition coefficient (Wildman–Crippen LogP) is 0.259. The van der Waals surface area contributed by atoms with Gasteiger partial charge in [-0.05, 0) is 35.7 Å². The lowest BCUT2D eigenvalue weighted by molar-refractivity contribution is -0.155. The molecule has 2 heterocycles. The molecule has 13 nitrogen and oxygen atoms in total. The standard InChI is InChI=1S/C24H26N6O7/c25-18-11-15-5-2-1-4-14(15)10-17(18)22(35)27-28-9-7-20(32)29-8-3-6-19(30(29)24(28)37)23(36)26-16(13-31)12-21(33)34/h1-2,4-5,10-11,13,16,19H,3,6-9,12,25H2,(H,26,36)(H,27,35)(H,33,34)/t16-,19-/m0/s1. The van der Waals surface area contributed by atoms with Crippen molar-refractivity contribution in [3.8, 4) is 0 Å². The molecule has 2 aliphatic heterocycles. The topological polar surface area (TPSA) is 182 Å². The van der Waals surface area contributed by atoms with Gasteiger partial charge in [-0.25, -0.2) is 19.8 Å². The van der Waals surface area contributed by atoms with Gasteiger partial charge in [0.2, 0.25) is 11.8 Å². The average molecular weight is 511 g/mol. The average Bonchev–Trinajstić information content (AvgIpc) is 2.99. The molecule has 0 spiro atoms. The number of carbonyl (C=O) groups excluding carboxylic acids is 5. The summed E-state index contributed by atoms with van der Waals surface area (Å²) in [7, 11) is 0. The van der Waals surface area contributed by atoms with E-state index < -0.39 is 48.2 Å². The van der Waals surface area contributed by atoms with Crippen molar-refractivity contribution in [1.82, 2.24) is 25.8 Å². The van der Waals surface area contributed by atoms with Crippen LogP contribution in [0.2, 0.25) is 0 Å². The van der Waals surface area contributed by atoms with E-state index in [1.807, 2.05) is 24.3 Å². The Morgan fingerprint density at radius 3 is 2.51 bits per heavy atom. The van der Waals surface area contributed by atoms with Crippen LogP contribution in [-0.4, -0.2) is 81.3 Å². The van der Waals surface area contributed by atoms with Gasteiger partial charge in [-0.2, -0.15) is 0 Å². The van der Waals surface area contributed by atoms with Crippen LogP contribution in [-0.2, 0) is 19.2 Å². The van der Waals surface area contributed by atoms with Gasteiger partial charge < -0.3 is 21.0 Å². The van der Waals surface area contributed by atoms with Gasteiger partial charge in [0.1, 0.15) is 12.3 Å². The van der Waals surface area contributed by atoms with Crippen molar-refractivity contribution in [2.75, 3.05) is 18.8 Å². The third kappa shape index (κ3) is 5.29. The highest BCUT2D eigenvalue weighted by atomic mass is 16.4. The molecule has 0 saturated carbocycles. The van der Waals surface area contributed by atoms with Gasteiger partial charge in [-0.15, -0.1) is 0 Å². The molecular weight excluding hydrogens is 484 g/mol. The predicted molar refractivity (Wildman–Crippen MR) is 129 cm³/mol. The number of nitrogens with zero attached hydrogens (tertiary/aromatic N) is 3. The van der Waals surface area contributed by atoms with Crippen molar-refractivity contribution in [1.29, 1.82) is 0 Å². The number of carboxylic acids is 1.